The monoisotopic (exact) mass is 269 g/mol. The number of benzene rings is 1. The Labute approximate surface area is 96.7 Å². The molecule has 15 heavy (non-hydrogen) atoms. The summed E-state index contributed by atoms with van der Waals surface area (Å²) in [6, 6.07) is 3.27. The van der Waals surface area contributed by atoms with Crippen LogP contribution in [0, 0.1) is 0 Å². The zero-order chi connectivity index (χ0) is 11.0. The molecule has 1 aromatic rings. The summed E-state index contributed by atoms with van der Waals surface area (Å²) in [5, 5.41) is 0. The molecule has 2 N–H and O–H groups in total. The van der Waals surface area contributed by atoms with Gasteiger partial charge >= 0.3 is 0 Å². The fraction of sp³-hybridized carbons (Fsp3) is 0.364. The number of Topliss-reactive ketones (excluding diaryl/α,β-unsaturated/α-hetero) is 1. The van der Waals surface area contributed by atoms with Gasteiger partial charge in [-0.1, -0.05) is 15.9 Å². The van der Waals surface area contributed by atoms with Crippen LogP contribution in [0.4, 0.5) is 0 Å². The fourth-order valence-corrected chi connectivity index (χ4v) is 2.20. The largest absolute Gasteiger partial charge is 0.492 e. The van der Waals surface area contributed by atoms with E-state index in [1.807, 2.05) is 6.07 Å². The van der Waals surface area contributed by atoms with Gasteiger partial charge in [0.15, 0.2) is 5.78 Å². The van der Waals surface area contributed by atoms with Crippen LogP contribution in [0.5, 0.6) is 5.75 Å². The lowest BCUT2D eigenvalue weighted by Crippen LogP contribution is -2.27. The highest BCUT2D eigenvalue weighted by Gasteiger charge is 2.23. The molecule has 0 bridgehead atoms. The molecule has 1 heterocycles. The second-order valence-corrected chi connectivity index (χ2v) is 4.61. The van der Waals surface area contributed by atoms with Crippen LogP contribution >= 0.6 is 15.9 Å². The number of ether oxygens (including phenoxy) is 1. The normalized spacial score (nSPS) is 15.7. The van der Waals surface area contributed by atoms with Crippen LogP contribution in [0.25, 0.3) is 0 Å². The van der Waals surface area contributed by atoms with Gasteiger partial charge in [-0.15, -0.1) is 0 Å². The lowest BCUT2D eigenvalue weighted by atomic mass is 10.0. The highest BCUT2D eigenvalue weighted by Crippen LogP contribution is 2.33. The summed E-state index contributed by atoms with van der Waals surface area (Å²) in [4.78, 5) is 11.8. The zero-order valence-corrected chi connectivity index (χ0v) is 10.0. The highest BCUT2D eigenvalue weighted by atomic mass is 79.9. The molecule has 0 aromatic heterocycles. The van der Waals surface area contributed by atoms with Crippen molar-refractivity contribution in [1.29, 1.82) is 0 Å². The van der Waals surface area contributed by atoms with E-state index >= 15 is 0 Å². The molecule has 1 atom stereocenters. The summed E-state index contributed by atoms with van der Waals surface area (Å²) in [5.74, 6) is 0.634. The fourth-order valence-electron chi connectivity index (χ4n) is 1.70. The third-order valence-corrected chi connectivity index (χ3v) is 2.89. The maximum atomic E-state index is 11.8. The third-order valence-electron chi connectivity index (χ3n) is 2.43. The molecule has 3 nitrogen and oxygen atoms in total. The first-order chi connectivity index (χ1) is 7.09. The van der Waals surface area contributed by atoms with E-state index in [0.717, 1.165) is 16.5 Å². The van der Waals surface area contributed by atoms with Crippen LogP contribution in [0.2, 0.25) is 0 Å². The van der Waals surface area contributed by atoms with Crippen molar-refractivity contribution in [3.63, 3.8) is 0 Å². The van der Waals surface area contributed by atoms with E-state index < -0.39 is 6.04 Å². The second-order valence-electron chi connectivity index (χ2n) is 3.69. The molecule has 1 aromatic carbocycles. The molecule has 2 rings (SSSR count). The number of ketones is 1. The van der Waals surface area contributed by atoms with Crippen LogP contribution < -0.4 is 10.5 Å². The number of carbonyl (C=O) groups excluding carboxylic acids is 1. The van der Waals surface area contributed by atoms with Crippen LogP contribution in [0.3, 0.4) is 0 Å². The minimum absolute atomic E-state index is 0.0746. The molecule has 0 spiro atoms. The number of hydrogen-bond donors (Lipinski definition) is 1. The minimum Gasteiger partial charge on any atom is -0.492 e. The predicted molar refractivity (Wildman–Crippen MR) is 61.3 cm³/mol. The Kier molecular flexibility index (Phi) is 2.80. The summed E-state index contributed by atoms with van der Waals surface area (Å²) in [7, 11) is 0. The Morgan fingerprint density at radius 3 is 3.00 bits per heavy atom. The summed E-state index contributed by atoms with van der Waals surface area (Å²) >= 11 is 3.38. The quantitative estimate of drug-likeness (QED) is 0.835. The van der Waals surface area contributed by atoms with Gasteiger partial charge in [0.25, 0.3) is 0 Å². The van der Waals surface area contributed by atoms with Crippen LogP contribution in [-0.2, 0) is 6.42 Å². The number of fused-ring (bicyclic) bond motifs is 1. The summed E-state index contributed by atoms with van der Waals surface area (Å²) in [5.41, 5.74) is 7.26. The van der Waals surface area contributed by atoms with Gasteiger partial charge in [0.2, 0.25) is 0 Å². The van der Waals surface area contributed by atoms with Crippen molar-refractivity contribution in [2.75, 3.05) is 6.61 Å². The van der Waals surface area contributed by atoms with Crippen molar-refractivity contribution in [2.24, 2.45) is 5.73 Å². The third kappa shape index (κ3) is 1.92. The molecule has 1 aliphatic heterocycles. The number of nitrogens with two attached hydrogens (primary N) is 1. The van der Waals surface area contributed by atoms with Crippen molar-refractivity contribution >= 4 is 21.7 Å². The van der Waals surface area contributed by atoms with Crippen LogP contribution in [0.1, 0.15) is 22.8 Å². The van der Waals surface area contributed by atoms with Gasteiger partial charge in [0.05, 0.1) is 18.2 Å². The van der Waals surface area contributed by atoms with Gasteiger partial charge in [0.1, 0.15) is 5.75 Å². The Morgan fingerprint density at radius 2 is 2.33 bits per heavy atom. The van der Waals surface area contributed by atoms with Gasteiger partial charge in [-0.05, 0) is 24.6 Å². The standard InChI is InChI=1S/C11H12BrNO2/c1-6(13)10(14)9-5-8(12)4-7-2-3-15-11(7)9/h4-6H,2-3,13H2,1H3. The van der Waals surface area contributed by atoms with E-state index in [-0.39, 0.29) is 5.78 Å². The second kappa shape index (κ2) is 3.94. The average Bonchev–Trinajstić information content (AvgIpc) is 2.62. The van der Waals surface area contributed by atoms with E-state index in [9.17, 15) is 4.79 Å². The van der Waals surface area contributed by atoms with E-state index in [4.69, 9.17) is 10.5 Å². The van der Waals surface area contributed by atoms with Gasteiger partial charge in [0, 0.05) is 10.9 Å². The smallest absolute Gasteiger partial charge is 0.182 e. The van der Waals surface area contributed by atoms with Gasteiger partial charge in [-0.2, -0.15) is 0 Å². The maximum Gasteiger partial charge on any atom is 0.182 e. The first-order valence-electron chi connectivity index (χ1n) is 4.84. The van der Waals surface area contributed by atoms with Crippen molar-refractivity contribution in [1.82, 2.24) is 0 Å². The molecule has 80 valence electrons. The lowest BCUT2D eigenvalue weighted by molar-refractivity contribution is 0.0965. The van der Waals surface area contributed by atoms with E-state index in [0.29, 0.717) is 17.9 Å². The number of halogens is 1. The SMILES string of the molecule is CC(N)C(=O)c1cc(Br)cc2c1OCC2. The van der Waals surface area contributed by atoms with Crippen LogP contribution in [0.15, 0.2) is 16.6 Å². The van der Waals surface area contributed by atoms with E-state index in [1.165, 1.54) is 0 Å². The van der Waals surface area contributed by atoms with Gasteiger partial charge in [-0.3, -0.25) is 4.79 Å². The maximum absolute atomic E-state index is 11.8. The van der Waals surface area contributed by atoms with Crippen molar-refractivity contribution in [2.45, 2.75) is 19.4 Å². The molecule has 0 fully saturated rings. The molecule has 1 aliphatic rings. The minimum atomic E-state index is -0.493. The Bertz CT molecular complexity index is 415. The topological polar surface area (TPSA) is 52.3 Å². The molecular formula is C11H12BrNO2. The Hall–Kier alpha value is -0.870. The molecular weight excluding hydrogens is 258 g/mol. The first-order valence-corrected chi connectivity index (χ1v) is 5.64. The van der Waals surface area contributed by atoms with Gasteiger partial charge in [-0.25, -0.2) is 0 Å². The number of rotatable bonds is 2. The first kappa shape index (κ1) is 10.6. The molecule has 0 saturated heterocycles. The summed E-state index contributed by atoms with van der Waals surface area (Å²) < 4.78 is 6.36. The Morgan fingerprint density at radius 1 is 1.60 bits per heavy atom. The summed E-state index contributed by atoms with van der Waals surface area (Å²) in [6.45, 7) is 2.33. The number of hydrogen-bond acceptors (Lipinski definition) is 3. The molecule has 0 amide bonds. The van der Waals surface area contributed by atoms with E-state index in [1.54, 1.807) is 13.0 Å². The van der Waals surface area contributed by atoms with Gasteiger partial charge < -0.3 is 10.5 Å². The molecule has 0 aliphatic carbocycles. The summed E-state index contributed by atoms with van der Waals surface area (Å²) in [6.07, 6.45) is 0.855. The molecule has 0 saturated carbocycles. The predicted octanol–water partition coefficient (Wildman–Crippen LogP) is 1.91. The number of carbonyl (C=O) groups is 1. The van der Waals surface area contributed by atoms with Crippen molar-refractivity contribution < 1.29 is 9.53 Å². The average molecular weight is 270 g/mol. The molecule has 1 unspecified atom stereocenters. The van der Waals surface area contributed by atoms with E-state index in [2.05, 4.69) is 15.9 Å². The van der Waals surface area contributed by atoms with Crippen LogP contribution in [-0.4, -0.2) is 18.4 Å². The molecule has 0 radical (unpaired) electrons. The zero-order valence-electron chi connectivity index (χ0n) is 8.42. The highest BCUT2D eigenvalue weighted by molar-refractivity contribution is 9.10. The lowest BCUT2D eigenvalue weighted by Gasteiger charge is -2.09. The molecule has 4 heteroatoms. The van der Waals surface area contributed by atoms with Crippen molar-refractivity contribution in [3.8, 4) is 5.75 Å². The Balaban J connectivity index is 2.51. The van der Waals surface area contributed by atoms with Crippen molar-refractivity contribution in [3.05, 3.63) is 27.7 Å².